The predicted octanol–water partition coefficient (Wildman–Crippen LogP) is 4.49. The van der Waals surface area contributed by atoms with Crippen LogP contribution in [0.2, 0.25) is 0 Å². The van der Waals surface area contributed by atoms with Gasteiger partial charge >= 0.3 is 0 Å². The van der Waals surface area contributed by atoms with Gasteiger partial charge in [-0.1, -0.05) is 36.8 Å². The topological polar surface area (TPSA) is 46.9 Å². The van der Waals surface area contributed by atoms with E-state index in [9.17, 15) is 9.18 Å². The van der Waals surface area contributed by atoms with Crippen molar-refractivity contribution in [2.75, 3.05) is 6.54 Å². The zero-order valence-corrected chi connectivity index (χ0v) is 16.7. The molecule has 4 rings (SSSR count). The second kappa shape index (κ2) is 8.19. The summed E-state index contributed by atoms with van der Waals surface area (Å²) in [4.78, 5) is 12.9. The summed E-state index contributed by atoms with van der Waals surface area (Å²) >= 11 is 0. The zero-order valence-electron chi connectivity index (χ0n) is 16.7. The number of rotatable bonds is 7. The van der Waals surface area contributed by atoms with Crippen LogP contribution in [0.1, 0.15) is 42.5 Å². The molecule has 0 radical (unpaired) electrons. The van der Waals surface area contributed by atoms with Gasteiger partial charge in [0, 0.05) is 12.7 Å². The number of benzene rings is 2. The maximum atomic E-state index is 13.2. The summed E-state index contributed by atoms with van der Waals surface area (Å²) in [6, 6.07) is 16.4. The molecule has 1 N–H and O–H groups in total. The number of carbonyl (C=O) groups excluding carboxylic acids is 1. The molecule has 0 atom stereocenters. The number of aryl methyl sites for hydroxylation is 2. The van der Waals surface area contributed by atoms with Crippen LogP contribution in [0.3, 0.4) is 0 Å². The molecule has 1 aromatic heterocycles. The molecule has 0 bridgehead atoms. The van der Waals surface area contributed by atoms with Crippen LogP contribution >= 0.6 is 0 Å². The Bertz CT molecular complexity index is 975. The Morgan fingerprint density at radius 3 is 2.52 bits per heavy atom. The van der Waals surface area contributed by atoms with Gasteiger partial charge in [0.2, 0.25) is 5.91 Å². The van der Waals surface area contributed by atoms with E-state index in [1.165, 1.54) is 17.7 Å². The van der Waals surface area contributed by atoms with Crippen LogP contribution < -0.4 is 5.32 Å². The summed E-state index contributed by atoms with van der Waals surface area (Å²) in [6.45, 7) is 2.64. The molecule has 5 heteroatoms. The number of nitrogens with one attached hydrogen (secondary N) is 1. The number of amides is 1. The highest BCUT2D eigenvalue weighted by atomic mass is 19.1. The van der Waals surface area contributed by atoms with Gasteiger partial charge in [-0.2, -0.15) is 5.10 Å². The van der Waals surface area contributed by atoms with E-state index < -0.39 is 5.41 Å². The molecule has 0 spiro atoms. The number of nitrogens with zero attached hydrogens (tertiary/aromatic N) is 2. The number of carbonyl (C=O) groups is 1. The molecular formula is C24H26FN3O. The van der Waals surface area contributed by atoms with Crippen molar-refractivity contribution in [3.63, 3.8) is 0 Å². The average Bonchev–Trinajstić information content (AvgIpc) is 3.07. The maximum Gasteiger partial charge on any atom is 0.230 e. The van der Waals surface area contributed by atoms with Crippen LogP contribution in [0.25, 0.3) is 5.69 Å². The number of para-hydroxylation sites is 1. The molecule has 1 aliphatic rings. The molecule has 4 nitrogen and oxygen atoms in total. The molecule has 1 saturated carbocycles. The van der Waals surface area contributed by atoms with Gasteiger partial charge in [-0.15, -0.1) is 0 Å². The second-order valence-corrected chi connectivity index (χ2v) is 7.82. The predicted molar refractivity (Wildman–Crippen MR) is 112 cm³/mol. The smallest absolute Gasteiger partial charge is 0.230 e. The minimum Gasteiger partial charge on any atom is -0.355 e. The van der Waals surface area contributed by atoms with Crippen LogP contribution in [0.4, 0.5) is 4.39 Å². The Balaban J connectivity index is 1.33. The van der Waals surface area contributed by atoms with E-state index in [1.807, 2.05) is 41.9 Å². The quantitative estimate of drug-likeness (QED) is 0.603. The van der Waals surface area contributed by atoms with Gasteiger partial charge in [0.15, 0.2) is 0 Å². The Morgan fingerprint density at radius 1 is 1.14 bits per heavy atom. The normalized spacial score (nSPS) is 15.0. The van der Waals surface area contributed by atoms with Crippen LogP contribution in [0.5, 0.6) is 0 Å². The molecule has 150 valence electrons. The summed E-state index contributed by atoms with van der Waals surface area (Å²) in [7, 11) is 0. The van der Waals surface area contributed by atoms with E-state index in [1.54, 1.807) is 12.1 Å². The van der Waals surface area contributed by atoms with Gasteiger partial charge in [-0.05, 0) is 68.0 Å². The third-order valence-corrected chi connectivity index (χ3v) is 5.97. The van der Waals surface area contributed by atoms with Crippen molar-refractivity contribution in [1.29, 1.82) is 0 Å². The molecule has 0 aliphatic heterocycles. The van der Waals surface area contributed by atoms with Crippen molar-refractivity contribution in [2.45, 2.75) is 44.4 Å². The Kier molecular flexibility index (Phi) is 5.47. The molecule has 2 aromatic carbocycles. The third-order valence-electron chi connectivity index (χ3n) is 5.97. The lowest BCUT2D eigenvalue weighted by Crippen LogP contribution is -2.49. The molecule has 1 heterocycles. The van der Waals surface area contributed by atoms with Crippen molar-refractivity contribution < 1.29 is 9.18 Å². The van der Waals surface area contributed by atoms with Gasteiger partial charge in [0.25, 0.3) is 0 Å². The van der Waals surface area contributed by atoms with Crippen molar-refractivity contribution in [3.8, 4) is 5.69 Å². The van der Waals surface area contributed by atoms with E-state index in [4.69, 9.17) is 0 Å². The Labute approximate surface area is 170 Å². The summed E-state index contributed by atoms with van der Waals surface area (Å²) in [6.07, 6.45) is 6.47. The average molecular weight is 391 g/mol. The first-order valence-electron chi connectivity index (χ1n) is 10.2. The van der Waals surface area contributed by atoms with Crippen LogP contribution in [-0.2, 0) is 16.6 Å². The molecule has 0 unspecified atom stereocenters. The van der Waals surface area contributed by atoms with Crippen molar-refractivity contribution in [3.05, 3.63) is 83.4 Å². The molecule has 0 saturated heterocycles. The molecule has 29 heavy (non-hydrogen) atoms. The molecule has 1 aliphatic carbocycles. The standard InChI is InChI=1S/C24H26FN3O/c1-18-19(17-28(27-18)22-8-3-2-4-9-22)7-5-16-26-23(29)24(14-6-15-24)20-10-12-21(25)13-11-20/h2-4,8-13,17H,5-7,14-16H2,1H3,(H,26,29). The monoisotopic (exact) mass is 391 g/mol. The molecule has 1 fully saturated rings. The first-order chi connectivity index (χ1) is 14.1. The fraction of sp³-hybridized carbons (Fsp3) is 0.333. The third kappa shape index (κ3) is 3.95. The lowest BCUT2D eigenvalue weighted by atomic mass is 9.64. The largest absolute Gasteiger partial charge is 0.355 e. The van der Waals surface area contributed by atoms with Gasteiger partial charge in [0.1, 0.15) is 5.82 Å². The van der Waals surface area contributed by atoms with E-state index in [2.05, 4.69) is 16.6 Å². The minimum atomic E-state index is -0.484. The van der Waals surface area contributed by atoms with E-state index >= 15 is 0 Å². The van der Waals surface area contributed by atoms with E-state index in [-0.39, 0.29) is 11.7 Å². The summed E-state index contributed by atoms with van der Waals surface area (Å²) in [5.74, 6) is -0.206. The SMILES string of the molecule is Cc1nn(-c2ccccc2)cc1CCCNC(=O)C1(c2ccc(F)cc2)CCC1. The second-order valence-electron chi connectivity index (χ2n) is 7.82. The fourth-order valence-electron chi connectivity index (χ4n) is 4.05. The minimum absolute atomic E-state index is 0.0621. The number of halogens is 1. The highest BCUT2D eigenvalue weighted by Gasteiger charge is 2.45. The van der Waals surface area contributed by atoms with Crippen LogP contribution in [0.15, 0.2) is 60.8 Å². The first-order valence-corrected chi connectivity index (χ1v) is 10.2. The lowest BCUT2D eigenvalue weighted by molar-refractivity contribution is -0.129. The summed E-state index contributed by atoms with van der Waals surface area (Å²) in [5, 5.41) is 7.71. The van der Waals surface area contributed by atoms with Crippen molar-refractivity contribution >= 4 is 5.91 Å². The lowest BCUT2D eigenvalue weighted by Gasteiger charge is -2.40. The highest BCUT2D eigenvalue weighted by Crippen LogP contribution is 2.44. The Morgan fingerprint density at radius 2 is 1.86 bits per heavy atom. The van der Waals surface area contributed by atoms with E-state index in [0.29, 0.717) is 6.54 Å². The van der Waals surface area contributed by atoms with Crippen LogP contribution in [0, 0.1) is 12.7 Å². The van der Waals surface area contributed by atoms with Gasteiger partial charge < -0.3 is 5.32 Å². The molecule has 3 aromatic rings. The number of aromatic nitrogens is 2. The summed E-state index contributed by atoms with van der Waals surface area (Å²) < 4.78 is 15.1. The van der Waals surface area contributed by atoms with Gasteiger partial charge in [0.05, 0.1) is 16.8 Å². The van der Waals surface area contributed by atoms with Crippen molar-refractivity contribution in [1.82, 2.24) is 15.1 Å². The van der Waals surface area contributed by atoms with Crippen molar-refractivity contribution in [2.24, 2.45) is 0 Å². The number of hydrogen-bond donors (Lipinski definition) is 1. The maximum absolute atomic E-state index is 13.2. The zero-order chi connectivity index (χ0) is 20.3. The molecule has 1 amide bonds. The van der Waals surface area contributed by atoms with E-state index in [0.717, 1.165) is 49.0 Å². The van der Waals surface area contributed by atoms with Gasteiger partial charge in [-0.25, -0.2) is 9.07 Å². The highest BCUT2D eigenvalue weighted by molar-refractivity contribution is 5.89. The van der Waals surface area contributed by atoms with Crippen LogP contribution in [-0.4, -0.2) is 22.2 Å². The fourth-order valence-corrected chi connectivity index (χ4v) is 4.05. The Hall–Kier alpha value is -2.95. The van der Waals surface area contributed by atoms with Gasteiger partial charge in [-0.3, -0.25) is 4.79 Å². The number of hydrogen-bond acceptors (Lipinski definition) is 2. The summed E-state index contributed by atoms with van der Waals surface area (Å²) in [5.41, 5.74) is 3.69. The molecular weight excluding hydrogens is 365 g/mol. The first kappa shape index (κ1) is 19.4.